The molecule has 2 aliphatic carbocycles. The SMILES string of the molecule is CCCCC(=O)C[C@@H](CC1CCCCC1)[C@@H](O)C[C@H](Cc1ccccc1)C(=O)N[C@H]1c2ccccc2C[C@H]1O. The minimum Gasteiger partial charge on any atom is -0.393 e. The van der Waals surface area contributed by atoms with E-state index in [9.17, 15) is 19.8 Å². The molecule has 1 amide bonds. The molecule has 2 aromatic carbocycles. The second-order valence-electron chi connectivity index (χ2n) is 12.0. The molecule has 2 aromatic rings. The Bertz CT molecular complexity index is 1050. The molecule has 2 aliphatic rings. The summed E-state index contributed by atoms with van der Waals surface area (Å²) in [7, 11) is 0. The van der Waals surface area contributed by atoms with E-state index in [4.69, 9.17) is 0 Å². The third kappa shape index (κ3) is 8.49. The molecule has 212 valence electrons. The zero-order valence-electron chi connectivity index (χ0n) is 23.6. The number of fused-ring (bicyclic) bond motifs is 1. The van der Waals surface area contributed by atoms with Crippen LogP contribution in [-0.4, -0.2) is 34.1 Å². The molecule has 1 saturated carbocycles. The number of Topliss-reactive ketones (excluding diaryl/α,β-unsaturated/α-hetero) is 1. The lowest BCUT2D eigenvalue weighted by atomic mass is 9.77. The molecule has 5 atom stereocenters. The molecule has 0 heterocycles. The van der Waals surface area contributed by atoms with Crippen molar-refractivity contribution < 1.29 is 19.8 Å². The molecule has 5 heteroatoms. The Balaban J connectivity index is 1.50. The Morgan fingerprint density at radius 2 is 1.72 bits per heavy atom. The Labute approximate surface area is 234 Å². The van der Waals surface area contributed by atoms with Crippen LogP contribution in [0.4, 0.5) is 0 Å². The lowest BCUT2D eigenvalue weighted by Gasteiger charge is -2.31. The first-order valence-electron chi connectivity index (χ1n) is 15.2. The fourth-order valence-electron chi connectivity index (χ4n) is 6.68. The third-order valence-corrected chi connectivity index (χ3v) is 8.93. The van der Waals surface area contributed by atoms with Gasteiger partial charge in [0.05, 0.1) is 18.2 Å². The number of nitrogens with one attached hydrogen (secondary N) is 1. The normalized spacial score (nSPS) is 21.6. The molecule has 0 saturated heterocycles. The number of unbranched alkanes of at least 4 members (excludes halogenated alkanes) is 1. The minimum absolute atomic E-state index is 0.124. The molecule has 0 aliphatic heterocycles. The fourth-order valence-corrected chi connectivity index (χ4v) is 6.68. The van der Waals surface area contributed by atoms with Gasteiger partial charge in [-0.25, -0.2) is 0 Å². The van der Waals surface area contributed by atoms with Gasteiger partial charge in [0, 0.05) is 25.2 Å². The van der Waals surface area contributed by atoms with Crippen LogP contribution in [0.25, 0.3) is 0 Å². The Hall–Kier alpha value is -2.50. The van der Waals surface area contributed by atoms with Gasteiger partial charge >= 0.3 is 0 Å². The summed E-state index contributed by atoms with van der Waals surface area (Å²) in [4.78, 5) is 26.6. The molecular formula is C34H47NO4. The molecule has 3 N–H and O–H groups in total. The summed E-state index contributed by atoms with van der Waals surface area (Å²) >= 11 is 0. The predicted molar refractivity (Wildman–Crippen MR) is 155 cm³/mol. The molecular weight excluding hydrogens is 486 g/mol. The van der Waals surface area contributed by atoms with Crippen molar-refractivity contribution in [2.75, 3.05) is 0 Å². The van der Waals surface area contributed by atoms with Crippen molar-refractivity contribution in [3.8, 4) is 0 Å². The summed E-state index contributed by atoms with van der Waals surface area (Å²) in [5.41, 5.74) is 3.07. The predicted octanol–water partition coefficient (Wildman–Crippen LogP) is 6.11. The highest BCUT2D eigenvalue weighted by Gasteiger charge is 2.35. The summed E-state index contributed by atoms with van der Waals surface area (Å²) in [6.45, 7) is 2.09. The lowest BCUT2D eigenvalue weighted by Crippen LogP contribution is -2.40. The maximum absolute atomic E-state index is 13.8. The van der Waals surface area contributed by atoms with Crippen molar-refractivity contribution in [1.82, 2.24) is 5.32 Å². The van der Waals surface area contributed by atoms with Crippen LogP contribution in [0.3, 0.4) is 0 Å². The number of hydrogen-bond donors (Lipinski definition) is 3. The molecule has 0 radical (unpaired) electrons. The van der Waals surface area contributed by atoms with Gasteiger partial charge in [-0.3, -0.25) is 9.59 Å². The first kappa shape index (κ1) is 29.5. The number of amides is 1. The third-order valence-electron chi connectivity index (χ3n) is 8.93. The van der Waals surface area contributed by atoms with Crippen molar-refractivity contribution >= 4 is 11.7 Å². The topological polar surface area (TPSA) is 86.6 Å². The van der Waals surface area contributed by atoms with Crippen molar-refractivity contribution in [1.29, 1.82) is 0 Å². The molecule has 0 spiro atoms. The molecule has 5 nitrogen and oxygen atoms in total. The second kappa shape index (κ2) is 14.8. The van der Waals surface area contributed by atoms with Crippen LogP contribution < -0.4 is 5.32 Å². The highest BCUT2D eigenvalue weighted by Crippen LogP contribution is 2.35. The van der Waals surface area contributed by atoms with E-state index >= 15 is 0 Å². The van der Waals surface area contributed by atoms with Gasteiger partial charge in [-0.05, 0) is 54.2 Å². The Morgan fingerprint density at radius 1 is 1.00 bits per heavy atom. The van der Waals surface area contributed by atoms with Crippen LogP contribution in [-0.2, 0) is 22.4 Å². The highest BCUT2D eigenvalue weighted by atomic mass is 16.3. The molecule has 4 rings (SSSR count). The first-order valence-corrected chi connectivity index (χ1v) is 15.2. The fraction of sp³-hybridized carbons (Fsp3) is 0.588. The minimum atomic E-state index is -0.724. The summed E-state index contributed by atoms with van der Waals surface area (Å²) < 4.78 is 0. The lowest BCUT2D eigenvalue weighted by molar-refractivity contribution is -0.128. The largest absolute Gasteiger partial charge is 0.393 e. The van der Waals surface area contributed by atoms with Gasteiger partial charge in [-0.1, -0.05) is 100 Å². The van der Waals surface area contributed by atoms with E-state index in [0.717, 1.165) is 36.0 Å². The van der Waals surface area contributed by atoms with Crippen LogP contribution in [0, 0.1) is 17.8 Å². The van der Waals surface area contributed by atoms with Crippen LogP contribution in [0.15, 0.2) is 54.6 Å². The van der Waals surface area contributed by atoms with E-state index in [1.165, 1.54) is 32.1 Å². The summed E-state index contributed by atoms with van der Waals surface area (Å²) in [5.74, 6) is 0.0473. The second-order valence-corrected chi connectivity index (χ2v) is 12.0. The number of ketones is 1. The first-order chi connectivity index (χ1) is 18.9. The summed E-state index contributed by atoms with van der Waals surface area (Å²) in [5, 5.41) is 25.5. The van der Waals surface area contributed by atoms with Gasteiger partial charge in [-0.15, -0.1) is 0 Å². The number of hydrogen-bond acceptors (Lipinski definition) is 4. The average molecular weight is 534 g/mol. The molecule has 0 aromatic heterocycles. The van der Waals surface area contributed by atoms with Gasteiger partial charge in [-0.2, -0.15) is 0 Å². The summed E-state index contributed by atoms with van der Waals surface area (Å²) in [6.07, 6.45) is 9.69. The van der Waals surface area contributed by atoms with Crippen LogP contribution in [0.5, 0.6) is 0 Å². The van der Waals surface area contributed by atoms with Gasteiger partial charge in [0.15, 0.2) is 0 Å². The Kier molecular flexibility index (Phi) is 11.2. The van der Waals surface area contributed by atoms with E-state index in [1.54, 1.807) is 0 Å². The number of carbonyl (C=O) groups excluding carboxylic acids is 2. The molecule has 0 unspecified atom stereocenters. The summed E-state index contributed by atoms with van der Waals surface area (Å²) in [6, 6.07) is 17.3. The zero-order chi connectivity index (χ0) is 27.6. The van der Waals surface area contributed by atoms with Gasteiger partial charge in [0.1, 0.15) is 5.78 Å². The van der Waals surface area contributed by atoms with Crippen molar-refractivity contribution in [3.63, 3.8) is 0 Å². The van der Waals surface area contributed by atoms with Crippen LogP contribution >= 0.6 is 0 Å². The van der Waals surface area contributed by atoms with Crippen LogP contribution in [0.1, 0.15) is 100 Å². The molecule has 0 bridgehead atoms. The quantitative estimate of drug-likeness (QED) is 0.274. The van der Waals surface area contributed by atoms with E-state index in [0.29, 0.717) is 38.0 Å². The molecule has 39 heavy (non-hydrogen) atoms. The van der Waals surface area contributed by atoms with Gasteiger partial charge in [0.25, 0.3) is 0 Å². The van der Waals surface area contributed by atoms with Crippen LogP contribution in [0.2, 0.25) is 0 Å². The number of benzene rings is 2. The number of rotatable bonds is 14. The van der Waals surface area contributed by atoms with E-state index in [-0.39, 0.29) is 17.6 Å². The zero-order valence-corrected chi connectivity index (χ0v) is 23.6. The monoisotopic (exact) mass is 533 g/mol. The van der Waals surface area contributed by atoms with E-state index in [1.807, 2.05) is 54.6 Å². The van der Waals surface area contributed by atoms with Gasteiger partial charge in [0.2, 0.25) is 5.91 Å². The van der Waals surface area contributed by atoms with Crippen molar-refractivity contribution in [2.24, 2.45) is 17.8 Å². The van der Waals surface area contributed by atoms with Gasteiger partial charge < -0.3 is 15.5 Å². The average Bonchev–Trinajstić information content (AvgIpc) is 3.26. The Morgan fingerprint density at radius 3 is 2.46 bits per heavy atom. The number of carbonyl (C=O) groups is 2. The standard InChI is InChI=1S/C34H47NO4/c1-2-3-17-29(36)21-27(19-24-12-6-4-7-13-24)31(37)23-28(20-25-14-8-5-9-15-25)34(39)35-33-30-18-11-10-16-26(30)22-32(33)38/h5,8-11,14-16,18,24,27-28,31-33,37-38H,2-4,6-7,12-13,17,19-23H2,1H3,(H,35,39)/t27-,28+,31+,32-,33+/m1/s1. The molecule has 1 fully saturated rings. The maximum Gasteiger partial charge on any atom is 0.224 e. The number of aliphatic hydroxyl groups excluding tert-OH is 2. The van der Waals surface area contributed by atoms with E-state index < -0.39 is 24.2 Å². The van der Waals surface area contributed by atoms with Crippen molar-refractivity contribution in [3.05, 3.63) is 71.3 Å². The number of aliphatic hydroxyl groups is 2. The smallest absolute Gasteiger partial charge is 0.224 e. The van der Waals surface area contributed by atoms with Crippen molar-refractivity contribution in [2.45, 2.75) is 109 Å². The maximum atomic E-state index is 13.8. The van der Waals surface area contributed by atoms with E-state index in [2.05, 4.69) is 12.2 Å². The highest BCUT2D eigenvalue weighted by molar-refractivity contribution is 5.80.